The van der Waals surface area contributed by atoms with Crippen molar-refractivity contribution in [3.8, 4) is 0 Å². The fourth-order valence-corrected chi connectivity index (χ4v) is 2.18. The maximum Gasteiger partial charge on any atom is 0.150 e. The van der Waals surface area contributed by atoms with Crippen LogP contribution in [0.5, 0.6) is 0 Å². The first kappa shape index (κ1) is 12.2. The molecule has 98 valence electrons. The first-order valence-corrected chi connectivity index (χ1v) is 6.70. The second-order valence-corrected chi connectivity index (χ2v) is 5.17. The van der Waals surface area contributed by atoms with Crippen molar-refractivity contribution in [2.24, 2.45) is 0 Å². The third kappa shape index (κ3) is 2.79. The average molecular weight is 275 g/mol. The molecule has 0 aliphatic heterocycles. The zero-order valence-electron chi connectivity index (χ0n) is 10.4. The molecule has 0 saturated heterocycles. The maximum absolute atomic E-state index is 6.02. The highest BCUT2D eigenvalue weighted by atomic mass is 35.5. The van der Waals surface area contributed by atoms with Crippen molar-refractivity contribution in [2.75, 3.05) is 11.1 Å². The van der Waals surface area contributed by atoms with Gasteiger partial charge in [0.15, 0.2) is 5.82 Å². The van der Waals surface area contributed by atoms with E-state index in [1.165, 1.54) is 30.3 Å². The SMILES string of the molecule is Nc1ncnc(NCc2ccc(C3CC3)cc2)c1Cl. The Morgan fingerprint density at radius 3 is 2.63 bits per heavy atom. The molecule has 0 radical (unpaired) electrons. The summed E-state index contributed by atoms with van der Waals surface area (Å²) >= 11 is 6.02. The quantitative estimate of drug-likeness (QED) is 0.899. The summed E-state index contributed by atoms with van der Waals surface area (Å²) in [6.07, 6.45) is 4.06. The Kier molecular flexibility index (Phi) is 3.25. The lowest BCUT2D eigenvalue weighted by Gasteiger charge is -2.08. The van der Waals surface area contributed by atoms with Crippen LogP contribution in [0.25, 0.3) is 0 Å². The molecule has 2 aromatic rings. The van der Waals surface area contributed by atoms with Crippen LogP contribution in [0, 0.1) is 0 Å². The van der Waals surface area contributed by atoms with E-state index in [2.05, 4.69) is 39.6 Å². The predicted molar refractivity (Wildman–Crippen MR) is 77.2 cm³/mol. The highest BCUT2D eigenvalue weighted by molar-refractivity contribution is 6.35. The van der Waals surface area contributed by atoms with Crippen LogP contribution in [0.3, 0.4) is 0 Å². The molecule has 1 aromatic heterocycles. The van der Waals surface area contributed by atoms with Crippen molar-refractivity contribution in [1.82, 2.24) is 9.97 Å². The fraction of sp³-hybridized carbons (Fsp3) is 0.286. The monoisotopic (exact) mass is 274 g/mol. The fourth-order valence-electron chi connectivity index (χ4n) is 2.02. The van der Waals surface area contributed by atoms with Crippen molar-refractivity contribution in [3.63, 3.8) is 0 Å². The molecular formula is C14H15ClN4. The number of rotatable bonds is 4. The van der Waals surface area contributed by atoms with Crippen LogP contribution >= 0.6 is 11.6 Å². The number of aromatic nitrogens is 2. The Hall–Kier alpha value is -1.81. The van der Waals surface area contributed by atoms with Gasteiger partial charge >= 0.3 is 0 Å². The summed E-state index contributed by atoms with van der Waals surface area (Å²) in [6.45, 7) is 0.668. The van der Waals surface area contributed by atoms with E-state index < -0.39 is 0 Å². The van der Waals surface area contributed by atoms with Gasteiger partial charge in [-0.2, -0.15) is 0 Å². The average Bonchev–Trinajstić information content (AvgIpc) is 3.26. The minimum atomic E-state index is 0.295. The van der Waals surface area contributed by atoms with Crippen molar-refractivity contribution in [2.45, 2.75) is 25.3 Å². The van der Waals surface area contributed by atoms with Crippen molar-refractivity contribution < 1.29 is 0 Å². The molecule has 1 aliphatic rings. The summed E-state index contributed by atoms with van der Waals surface area (Å²) in [4.78, 5) is 7.90. The number of hydrogen-bond donors (Lipinski definition) is 2. The van der Waals surface area contributed by atoms with Crippen LogP contribution in [-0.4, -0.2) is 9.97 Å². The van der Waals surface area contributed by atoms with E-state index in [0.717, 1.165) is 5.92 Å². The van der Waals surface area contributed by atoms with Crippen LogP contribution in [0.4, 0.5) is 11.6 Å². The van der Waals surface area contributed by atoms with Crippen molar-refractivity contribution in [3.05, 3.63) is 46.7 Å². The Bertz CT molecular complexity index is 578. The van der Waals surface area contributed by atoms with Gasteiger partial charge in [0.25, 0.3) is 0 Å². The molecule has 3 N–H and O–H groups in total. The molecule has 0 spiro atoms. The zero-order valence-corrected chi connectivity index (χ0v) is 11.2. The van der Waals surface area contributed by atoms with Gasteiger partial charge in [0.1, 0.15) is 17.2 Å². The summed E-state index contributed by atoms with van der Waals surface area (Å²) in [5.74, 6) is 1.65. The normalized spacial score (nSPS) is 14.4. The zero-order chi connectivity index (χ0) is 13.2. The van der Waals surface area contributed by atoms with E-state index in [1.54, 1.807) is 0 Å². The van der Waals surface area contributed by atoms with Gasteiger partial charge in [0.05, 0.1) is 0 Å². The Balaban J connectivity index is 1.66. The summed E-state index contributed by atoms with van der Waals surface area (Å²) in [5, 5.41) is 3.54. The van der Waals surface area contributed by atoms with Gasteiger partial charge in [-0.3, -0.25) is 0 Å². The topological polar surface area (TPSA) is 63.8 Å². The lowest BCUT2D eigenvalue weighted by atomic mass is 10.1. The van der Waals surface area contributed by atoms with Crippen molar-refractivity contribution in [1.29, 1.82) is 0 Å². The predicted octanol–water partition coefficient (Wildman–Crippen LogP) is 3.20. The largest absolute Gasteiger partial charge is 0.382 e. The van der Waals surface area contributed by atoms with Gasteiger partial charge in [0, 0.05) is 6.54 Å². The van der Waals surface area contributed by atoms with E-state index in [0.29, 0.717) is 23.2 Å². The van der Waals surface area contributed by atoms with Crippen LogP contribution in [0.1, 0.15) is 29.9 Å². The van der Waals surface area contributed by atoms with Crippen LogP contribution in [0.15, 0.2) is 30.6 Å². The Morgan fingerprint density at radius 1 is 1.21 bits per heavy atom. The molecule has 1 fully saturated rings. The molecule has 0 amide bonds. The summed E-state index contributed by atoms with van der Waals surface area (Å²) in [7, 11) is 0. The number of nitrogens with zero attached hydrogens (tertiary/aromatic N) is 2. The third-order valence-corrected chi connectivity index (χ3v) is 3.68. The van der Waals surface area contributed by atoms with E-state index in [9.17, 15) is 0 Å². The van der Waals surface area contributed by atoms with Gasteiger partial charge in [-0.15, -0.1) is 0 Å². The molecule has 1 aromatic carbocycles. The summed E-state index contributed by atoms with van der Waals surface area (Å²) in [6, 6.07) is 8.67. The van der Waals surface area contributed by atoms with Gasteiger partial charge < -0.3 is 11.1 Å². The smallest absolute Gasteiger partial charge is 0.150 e. The molecule has 1 aliphatic carbocycles. The summed E-state index contributed by atoms with van der Waals surface area (Å²) in [5.41, 5.74) is 8.26. The number of nitrogens with one attached hydrogen (secondary N) is 1. The molecule has 1 saturated carbocycles. The van der Waals surface area contributed by atoms with E-state index in [-0.39, 0.29) is 0 Å². The van der Waals surface area contributed by atoms with Crippen LogP contribution in [0.2, 0.25) is 5.02 Å². The molecule has 3 rings (SSSR count). The number of hydrogen-bond acceptors (Lipinski definition) is 4. The Morgan fingerprint density at radius 2 is 1.95 bits per heavy atom. The highest BCUT2D eigenvalue weighted by Gasteiger charge is 2.22. The number of anilines is 2. The van der Waals surface area contributed by atoms with Crippen LogP contribution in [-0.2, 0) is 6.54 Å². The Labute approximate surface area is 117 Å². The third-order valence-electron chi connectivity index (χ3n) is 3.30. The molecule has 1 heterocycles. The standard InChI is InChI=1S/C14H15ClN4/c15-12-13(16)18-8-19-14(12)17-7-9-1-3-10(4-2-9)11-5-6-11/h1-4,8,11H,5-7H2,(H3,16,17,18,19). The van der Waals surface area contributed by atoms with Crippen molar-refractivity contribution >= 4 is 23.2 Å². The van der Waals surface area contributed by atoms with E-state index in [1.807, 2.05) is 0 Å². The number of benzene rings is 1. The lowest BCUT2D eigenvalue weighted by Crippen LogP contribution is -2.04. The van der Waals surface area contributed by atoms with Gasteiger partial charge in [-0.1, -0.05) is 35.9 Å². The number of nitrogens with two attached hydrogens (primary N) is 1. The molecule has 5 heteroatoms. The van der Waals surface area contributed by atoms with Crippen LogP contribution < -0.4 is 11.1 Å². The molecule has 0 unspecified atom stereocenters. The minimum absolute atomic E-state index is 0.295. The van der Waals surface area contributed by atoms with E-state index in [4.69, 9.17) is 17.3 Å². The highest BCUT2D eigenvalue weighted by Crippen LogP contribution is 2.39. The minimum Gasteiger partial charge on any atom is -0.382 e. The number of halogens is 1. The molecule has 0 atom stereocenters. The van der Waals surface area contributed by atoms with E-state index >= 15 is 0 Å². The molecular weight excluding hydrogens is 260 g/mol. The summed E-state index contributed by atoms with van der Waals surface area (Å²) < 4.78 is 0. The molecule has 4 nitrogen and oxygen atoms in total. The molecule has 19 heavy (non-hydrogen) atoms. The van der Waals surface area contributed by atoms with Gasteiger partial charge in [-0.05, 0) is 29.9 Å². The second-order valence-electron chi connectivity index (χ2n) is 4.79. The number of nitrogen functional groups attached to an aromatic ring is 1. The second kappa shape index (κ2) is 5.05. The maximum atomic E-state index is 6.02. The first-order chi connectivity index (χ1) is 9.24. The van der Waals surface area contributed by atoms with Gasteiger partial charge in [-0.25, -0.2) is 9.97 Å². The molecule has 0 bridgehead atoms. The first-order valence-electron chi connectivity index (χ1n) is 6.32. The lowest BCUT2D eigenvalue weighted by molar-refractivity contribution is 1.07. The van der Waals surface area contributed by atoms with Gasteiger partial charge in [0.2, 0.25) is 0 Å².